The van der Waals surface area contributed by atoms with Crippen LogP contribution in [0.15, 0.2) is 22.7 Å². The molecular formula is C14H19BrN2O2. The Labute approximate surface area is 121 Å². The van der Waals surface area contributed by atoms with E-state index < -0.39 is 0 Å². The highest BCUT2D eigenvalue weighted by Gasteiger charge is 2.22. The molecule has 2 rings (SSSR count). The van der Waals surface area contributed by atoms with E-state index >= 15 is 0 Å². The van der Waals surface area contributed by atoms with Gasteiger partial charge in [-0.2, -0.15) is 0 Å². The highest BCUT2D eigenvalue weighted by Crippen LogP contribution is 2.26. The molecule has 1 fully saturated rings. The van der Waals surface area contributed by atoms with Gasteiger partial charge in [0, 0.05) is 11.0 Å². The fourth-order valence-corrected chi connectivity index (χ4v) is 2.74. The third-order valence-electron chi connectivity index (χ3n) is 3.50. The lowest BCUT2D eigenvalue weighted by Crippen LogP contribution is -2.32. The minimum absolute atomic E-state index is 0.194. The van der Waals surface area contributed by atoms with Gasteiger partial charge in [-0.05, 0) is 59.7 Å². The largest absolute Gasteiger partial charge is 0.393 e. The maximum absolute atomic E-state index is 11.8. The average molecular weight is 327 g/mol. The predicted octanol–water partition coefficient (Wildman–Crippen LogP) is 3.04. The fourth-order valence-electron chi connectivity index (χ4n) is 2.38. The topological polar surface area (TPSA) is 61.4 Å². The Morgan fingerprint density at radius 1 is 1.47 bits per heavy atom. The summed E-state index contributed by atoms with van der Waals surface area (Å²) in [5.74, 6) is 0.390. The van der Waals surface area contributed by atoms with Gasteiger partial charge in [0.25, 0.3) is 0 Å². The number of aryl methyl sites for hydroxylation is 1. The smallest absolute Gasteiger partial charge is 0.319 e. The lowest BCUT2D eigenvalue weighted by molar-refractivity contribution is 0.177. The van der Waals surface area contributed by atoms with Crippen LogP contribution in [0.25, 0.3) is 0 Å². The van der Waals surface area contributed by atoms with E-state index in [1.54, 1.807) is 0 Å². The summed E-state index contributed by atoms with van der Waals surface area (Å²) in [5.41, 5.74) is 1.85. The zero-order valence-corrected chi connectivity index (χ0v) is 12.5. The number of amides is 2. The van der Waals surface area contributed by atoms with Gasteiger partial charge in [0.05, 0.1) is 11.8 Å². The summed E-state index contributed by atoms with van der Waals surface area (Å²) in [6.45, 7) is 2.60. The zero-order valence-electron chi connectivity index (χ0n) is 10.9. The normalized spacial score (nSPS) is 22.3. The van der Waals surface area contributed by atoms with Crippen molar-refractivity contribution in [3.63, 3.8) is 0 Å². The second kappa shape index (κ2) is 6.39. The molecule has 0 bridgehead atoms. The molecule has 4 nitrogen and oxygen atoms in total. The molecule has 5 heteroatoms. The molecule has 1 aromatic carbocycles. The highest BCUT2D eigenvalue weighted by atomic mass is 79.9. The third-order valence-corrected chi connectivity index (χ3v) is 4.56. The molecule has 0 aliphatic heterocycles. The van der Waals surface area contributed by atoms with Crippen LogP contribution in [0.2, 0.25) is 0 Å². The number of anilines is 1. The maximum atomic E-state index is 11.8. The van der Waals surface area contributed by atoms with E-state index in [1.165, 1.54) is 0 Å². The van der Waals surface area contributed by atoms with Crippen molar-refractivity contribution in [2.45, 2.75) is 32.3 Å². The first-order valence-electron chi connectivity index (χ1n) is 6.54. The van der Waals surface area contributed by atoms with Gasteiger partial charge >= 0.3 is 6.03 Å². The van der Waals surface area contributed by atoms with Crippen LogP contribution in [0.4, 0.5) is 10.5 Å². The number of hydrogen-bond acceptors (Lipinski definition) is 2. The van der Waals surface area contributed by atoms with Crippen molar-refractivity contribution < 1.29 is 9.90 Å². The number of carbonyl (C=O) groups is 1. The van der Waals surface area contributed by atoms with Crippen LogP contribution < -0.4 is 10.6 Å². The van der Waals surface area contributed by atoms with E-state index in [1.807, 2.05) is 25.1 Å². The Kier molecular flexibility index (Phi) is 4.82. The zero-order chi connectivity index (χ0) is 13.8. The molecule has 1 saturated carbocycles. The Hall–Kier alpha value is -1.07. The van der Waals surface area contributed by atoms with Crippen molar-refractivity contribution in [2.75, 3.05) is 11.9 Å². The van der Waals surface area contributed by atoms with Crippen molar-refractivity contribution >= 4 is 27.6 Å². The minimum Gasteiger partial charge on any atom is -0.393 e. The Morgan fingerprint density at radius 2 is 2.26 bits per heavy atom. The van der Waals surface area contributed by atoms with Crippen molar-refractivity contribution in [1.29, 1.82) is 0 Å². The number of halogens is 1. The summed E-state index contributed by atoms with van der Waals surface area (Å²) in [4.78, 5) is 11.8. The van der Waals surface area contributed by atoms with Gasteiger partial charge in [0.2, 0.25) is 0 Å². The monoisotopic (exact) mass is 326 g/mol. The van der Waals surface area contributed by atoms with E-state index in [4.69, 9.17) is 0 Å². The Balaban J connectivity index is 1.82. The summed E-state index contributed by atoms with van der Waals surface area (Å²) >= 11 is 3.46. The van der Waals surface area contributed by atoms with Gasteiger partial charge in [-0.25, -0.2) is 4.79 Å². The minimum atomic E-state index is -0.201. The van der Waals surface area contributed by atoms with Crippen molar-refractivity contribution in [3.05, 3.63) is 28.2 Å². The van der Waals surface area contributed by atoms with Gasteiger partial charge in [-0.15, -0.1) is 0 Å². The molecule has 0 unspecified atom stereocenters. The maximum Gasteiger partial charge on any atom is 0.319 e. The molecule has 0 radical (unpaired) electrons. The molecule has 0 spiro atoms. The average Bonchev–Trinajstić information content (AvgIpc) is 2.78. The van der Waals surface area contributed by atoms with Crippen molar-refractivity contribution in [2.24, 2.45) is 5.92 Å². The lowest BCUT2D eigenvalue weighted by atomic mass is 10.1. The number of benzene rings is 1. The van der Waals surface area contributed by atoms with E-state index in [0.717, 1.165) is 35.0 Å². The quantitative estimate of drug-likeness (QED) is 0.799. The van der Waals surface area contributed by atoms with E-state index in [0.29, 0.717) is 12.5 Å². The number of rotatable bonds is 3. The molecule has 3 N–H and O–H groups in total. The molecule has 1 aromatic rings. The molecule has 2 amide bonds. The van der Waals surface area contributed by atoms with Gasteiger partial charge in [0.1, 0.15) is 0 Å². The van der Waals surface area contributed by atoms with Crippen LogP contribution in [-0.4, -0.2) is 23.8 Å². The number of aliphatic hydroxyl groups is 1. The number of nitrogens with one attached hydrogen (secondary N) is 2. The fraction of sp³-hybridized carbons (Fsp3) is 0.500. The summed E-state index contributed by atoms with van der Waals surface area (Å²) in [6.07, 6.45) is 2.42. The van der Waals surface area contributed by atoms with E-state index in [-0.39, 0.29) is 12.1 Å². The standard InChI is InChI=1S/C14H19BrN2O2/c1-9-3-2-4-12(13(9)15)17-14(19)16-8-10-5-6-11(18)7-10/h2-4,10-11,18H,5-8H2,1H3,(H2,16,17,19)/t10-,11+/m0/s1. The third kappa shape index (κ3) is 3.94. The number of carbonyl (C=O) groups excluding carboxylic acids is 1. The molecule has 0 saturated heterocycles. The number of urea groups is 1. The molecule has 0 heterocycles. The summed E-state index contributed by atoms with van der Waals surface area (Å²) < 4.78 is 0.904. The molecule has 2 atom stereocenters. The molecule has 104 valence electrons. The number of hydrogen-bond donors (Lipinski definition) is 3. The second-order valence-electron chi connectivity index (χ2n) is 5.10. The summed E-state index contributed by atoms with van der Waals surface area (Å²) in [6, 6.07) is 5.54. The van der Waals surface area contributed by atoms with Gasteiger partial charge in [-0.3, -0.25) is 0 Å². The predicted molar refractivity (Wildman–Crippen MR) is 79.2 cm³/mol. The molecule has 1 aliphatic rings. The van der Waals surface area contributed by atoms with Crippen LogP contribution in [0.1, 0.15) is 24.8 Å². The van der Waals surface area contributed by atoms with Gasteiger partial charge in [0.15, 0.2) is 0 Å². The van der Waals surface area contributed by atoms with Crippen LogP contribution in [0.3, 0.4) is 0 Å². The van der Waals surface area contributed by atoms with Crippen LogP contribution >= 0.6 is 15.9 Å². The molecule has 1 aliphatic carbocycles. The van der Waals surface area contributed by atoms with Gasteiger partial charge < -0.3 is 15.7 Å². The van der Waals surface area contributed by atoms with Crippen LogP contribution in [0, 0.1) is 12.8 Å². The van der Waals surface area contributed by atoms with Gasteiger partial charge in [-0.1, -0.05) is 12.1 Å². The highest BCUT2D eigenvalue weighted by molar-refractivity contribution is 9.10. The lowest BCUT2D eigenvalue weighted by Gasteiger charge is -2.13. The first-order valence-corrected chi connectivity index (χ1v) is 7.33. The SMILES string of the molecule is Cc1cccc(NC(=O)NC[C@H]2CC[C@@H](O)C2)c1Br. The first kappa shape index (κ1) is 14.3. The molecular weight excluding hydrogens is 308 g/mol. The van der Waals surface area contributed by atoms with E-state index in [2.05, 4.69) is 26.6 Å². The Bertz CT molecular complexity index is 465. The second-order valence-corrected chi connectivity index (χ2v) is 5.90. The summed E-state index contributed by atoms with van der Waals surface area (Å²) in [7, 11) is 0. The van der Waals surface area contributed by atoms with Crippen molar-refractivity contribution in [3.8, 4) is 0 Å². The molecule has 19 heavy (non-hydrogen) atoms. The van der Waals surface area contributed by atoms with Crippen LogP contribution in [-0.2, 0) is 0 Å². The van der Waals surface area contributed by atoms with E-state index in [9.17, 15) is 9.90 Å². The summed E-state index contributed by atoms with van der Waals surface area (Å²) in [5, 5.41) is 15.1. The number of aliphatic hydroxyl groups excluding tert-OH is 1. The molecule has 0 aromatic heterocycles. The van der Waals surface area contributed by atoms with Crippen molar-refractivity contribution in [1.82, 2.24) is 5.32 Å². The first-order chi connectivity index (χ1) is 9.06. The Morgan fingerprint density at radius 3 is 2.95 bits per heavy atom. The van der Waals surface area contributed by atoms with Crippen LogP contribution in [0.5, 0.6) is 0 Å².